The van der Waals surface area contributed by atoms with Crippen LogP contribution in [0.15, 0.2) is 41.5 Å². The highest BCUT2D eigenvalue weighted by atomic mass is 35.5. The van der Waals surface area contributed by atoms with Crippen molar-refractivity contribution in [1.82, 2.24) is 9.62 Å². The molecule has 10 heteroatoms. The fourth-order valence-electron chi connectivity index (χ4n) is 8.66. The molecule has 2 aliphatic carbocycles. The number of sulfonamides is 1. The Labute approximate surface area is 287 Å². The summed E-state index contributed by atoms with van der Waals surface area (Å²) >= 11 is 6.41. The summed E-state index contributed by atoms with van der Waals surface area (Å²) in [5, 5.41) is 0.114. The number of benzene rings is 1. The van der Waals surface area contributed by atoms with Crippen molar-refractivity contribution in [2.75, 3.05) is 50.9 Å². The Bertz CT molecular complexity index is 1430. The SMILES string of the molecule is C[C@H]([C@H]1CCC[C@H](C)[C@@H](C)S(=O)(=O)NC(=O)c2ccc3c(c2)N(CCCCC2C=C(Cl)C=CC2CO3)C[C@@H]2CC[C@H]21)N1CCOCC1. The Morgan fingerprint density at radius 1 is 0.979 bits per heavy atom. The van der Waals surface area contributed by atoms with Crippen LogP contribution < -0.4 is 14.4 Å². The molecule has 8 nitrogen and oxygen atoms in total. The summed E-state index contributed by atoms with van der Waals surface area (Å²) in [6.07, 6.45) is 14.7. The molecule has 1 saturated heterocycles. The summed E-state index contributed by atoms with van der Waals surface area (Å²) in [5.41, 5.74) is 1.23. The molecule has 2 fully saturated rings. The summed E-state index contributed by atoms with van der Waals surface area (Å²) in [5.74, 6) is 2.34. The van der Waals surface area contributed by atoms with Crippen molar-refractivity contribution in [1.29, 1.82) is 0 Å². The van der Waals surface area contributed by atoms with Gasteiger partial charge in [-0.1, -0.05) is 43.5 Å². The van der Waals surface area contributed by atoms with Gasteiger partial charge in [-0.05, 0) is 106 Å². The van der Waals surface area contributed by atoms with Crippen molar-refractivity contribution in [3.63, 3.8) is 0 Å². The third-order valence-electron chi connectivity index (χ3n) is 12.1. The fourth-order valence-corrected chi connectivity index (χ4v) is 10.2. The zero-order valence-electron chi connectivity index (χ0n) is 28.4. The van der Waals surface area contributed by atoms with Gasteiger partial charge < -0.3 is 14.4 Å². The van der Waals surface area contributed by atoms with Crippen LogP contribution in [0, 0.1) is 35.5 Å². The first-order chi connectivity index (χ1) is 22.6. The van der Waals surface area contributed by atoms with Crippen LogP contribution in [-0.2, 0) is 14.8 Å². The van der Waals surface area contributed by atoms with Gasteiger partial charge in [-0.2, -0.15) is 0 Å². The van der Waals surface area contributed by atoms with Gasteiger partial charge in [0.2, 0.25) is 10.0 Å². The number of carbonyl (C=O) groups excluding carboxylic acids is 1. The number of allylic oxidation sites excluding steroid dienone is 3. The first-order valence-electron chi connectivity index (χ1n) is 18.1. The van der Waals surface area contributed by atoms with Crippen molar-refractivity contribution >= 4 is 33.2 Å². The summed E-state index contributed by atoms with van der Waals surface area (Å²) < 4.78 is 41.6. The minimum atomic E-state index is -3.86. The molecule has 1 amide bonds. The molecule has 6 rings (SSSR count). The van der Waals surface area contributed by atoms with Gasteiger partial charge >= 0.3 is 0 Å². The average molecular weight is 688 g/mol. The Kier molecular flexibility index (Phi) is 11.3. The van der Waals surface area contributed by atoms with Crippen molar-refractivity contribution in [3.05, 3.63) is 47.0 Å². The van der Waals surface area contributed by atoms with E-state index in [0.29, 0.717) is 41.9 Å². The maximum atomic E-state index is 13.5. The topological polar surface area (TPSA) is 88.2 Å². The second-order valence-corrected chi connectivity index (χ2v) is 17.3. The molecule has 0 radical (unpaired) electrons. The highest BCUT2D eigenvalue weighted by molar-refractivity contribution is 7.90. The van der Waals surface area contributed by atoms with Gasteiger partial charge in [0.25, 0.3) is 5.91 Å². The van der Waals surface area contributed by atoms with Gasteiger partial charge in [-0.3, -0.25) is 9.69 Å². The van der Waals surface area contributed by atoms with Crippen molar-refractivity contribution < 1.29 is 22.7 Å². The summed E-state index contributed by atoms with van der Waals surface area (Å²) in [7, 11) is -3.86. The number of anilines is 1. The minimum Gasteiger partial charge on any atom is -0.491 e. The summed E-state index contributed by atoms with van der Waals surface area (Å²) in [6.45, 7) is 11.9. The van der Waals surface area contributed by atoms with E-state index in [9.17, 15) is 13.2 Å². The molecule has 260 valence electrons. The number of hydrogen-bond acceptors (Lipinski definition) is 7. The quantitative estimate of drug-likeness (QED) is 0.374. The van der Waals surface area contributed by atoms with Gasteiger partial charge in [0, 0.05) is 48.7 Å². The van der Waals surface area contributed by atoms with Crippen LogP contribution in [0.1, 0.15) is 82.5 Å². The lowest BCUT2D eigenvalue weighted by atomic mass is 9.63. The van der Waals surface area contributed by atoms with Crippen LogP contribution in [0.4, 0.5) is 5.69 Å². The second kappa shape index (κ2) is 15.2. The van der Waals surface area contributed by atoms with Gasteiger partial charge in [0.1, 0.15) is 5.75 Å². The van der Waals surface area contributed by atoms with E-state index in [1.807, 2.05) is 25.1 Å². The van der Waals surface area contributed by atoms with Gasteiger partial charge in [0.15, 0.2) is 0 Å². The third kappa shape index (κ3) is 8.05. The Morgan fingerprint density at radius 2 is 1.79 bits per heavy atom. The normalized spacial score (nSPS) is 34.6. The molecule has 1 saturated carbocycles. The third-order valence-corrected chi connectivity index (χ3v) is 14.2. The predicted molar refractivity (Wildman–Crippen MR) is 188 cm³/mol. The van der Waals surface area contributed by atoms with E-state index in [0.717, 1.165) is 94.4 Å². The first kappa shape index (κ1) is 34.8. The number of carbonyl (C=O) groups is 1. The number of fused-ring (bicyclic) bond motifs is 3. The van der Waals surface area contributed by atoms with Crippen LogP contribution in [0.25, 0.3) is 0 Å². The minimum absolute atomic E-state index is 0.0663. The molecule has 3 aliphatic heterocycles. The lowest BCUT2D eigenvalue weighted by molar-refractivity contribution is -0.0219. The molecular formula is C37H54ClN3O5S. The van der Waals surface area contributed by atoms with E-state index in [1.54, 1.807) is 13.0 Å². The Hall–Kier alpha value is -2.07. The number of nitrogens with zero attached hydrogens (tertiary/aromatic N) is 2. The number of morpholine rings is 1. The van der Waals surface area contributed by atoms with Gasteiger partial charge in [-0.15, -0.1) is 0 Å². The molecule has 1 aromatic rings. The average Bonchev–Trinajstić information content (AvgIpc) is 3.08. The summed E-state index contributed by atoms with van der Waals surface area (Å²) in [4.78, 5) is 18.6. The standard InChI is InChI=1S/C37H54ClN3O5S/c1-25-7-6-9-33(26(2)40-17-19-45-20-18-40)34-14-11-30(34)23-41-16-5-4-8-28-21-32(38)13-10-31(28)24-46-36-15-12-29(22-35(36)41)37(42)39-47(43,44)27(25)3/h10,12-13,15,21-22,25-28,30-31,33-34H,4-9,11,14,16-20,23-24H2,1-3H3,(H,39,42)/t25-,26+,27+,28?,30-,31?,33+,34+/m0/s1. The van der Waals surface area contributed by atoms with E-state index >= 15 is 0 Å². The first-order valence-corrected chi connectivity index (χ1v) is 20.0. The molecule has 3 heterocycles. The van der Waals surface area contributed by atoms with E-state index in [2.05, 4.69) is 33.6 Å². The summed E-state index contributed by atoms with van der Waals surface area (Å²) in [6, 6.07) is 5.88. The van der Waals surface area contributed by atoms with Crippen LogP contribution in [0.3, 0.4) is 0 Å². The number of nitrogens with one attached hydrogen (secondary N) is 1. The highest BCUT2D eigenvalue weighted by Crippen LogP contribution is 2.46. The van der Waals surface area contributed by atoms with Crippen molar-refractivity contribution in [2.24, 2.45) is 35.5 Å². The van der Waals surface area contributed by atoms with Crippen LogP contribution >= 0.6 is 11.6 Å². The number of amides is 1. The molecule has 2 bridgehead atoms. The van der Waals surface area contributed by atoms with E-state index in [-0.39, 0.29) is 11.8 Å². The van der Waals surface area contributed by atoms with Crippen LogP contribution in [-0.4, -0.2) is 76.5 Å². The zero-order valence-corrected chi connectivity index (χ0v) is 30.0. The van der Waals surface area contributed by atoms with Crippen molar-refractivity contribution in [3.8, 4) is 5.75 Å². The van der Waals surface area contributed by atoms with Crippen LogP contribution in [0.5, 0.6) is 5.75 Å². The lowest BCUT2D eigenvalue weighted by Crippen LogP contribution is -2.51. The molecule has 0 spiro atoms. The van der Waals surface area contributed by atoms with E-state index in [4.69, 9.17) is 21.1 Å². The molecule has 5 aliphatic rings. The zero-order chi connectivity index (χ0) is 33.1. The Balaban J connectivity index is 1.35. The number of rotatable bonds is 2. The molecule has 8 atom stereocenters. The smallest absolute Gasteiger partial charge is 0.264 e. The fraction of sp³-hybridized carbons (Fsp3) is 0.703. The molecule has 2 unspecified atom stereocenters. The second-order valence-electron chi connectivity index (χ2n) is 14.8. The number of halogens is 1. The lowest BCUT2D eigenvalue weighted by Gasteiger charge is -2.49. The highest BCUT2D eigenvalue weighted by Gasteiger charge is 2.42. The van der Waals surface area contributed by atoms with Crippen molar-refractivity contribution in [2.45, 2.75) is 83.4 Å². The predicted octanol–water partition coefficient (Wildman–Crippen LogP) is 6.61. The van der Waals surface area contributed by atoms with E-state index < -0.39 is 21.2 Å². The molecule has 0 aromatic heterocycles. The molecular weight excluding hydrogens is 634 g/mol. The molecule has 1 aromatic carbocycles. The molecule has 47 heavy (non-hydrogen) atoms. The Morgan fingerprint density at radius 3 is 2.55 bits per heavy atom. The monoisotopic (exact) mass is 687 g/mol. The van der Waals surface area contributed by atoms with E-state index in [1.165, 1.54) is 12.8 Å². The largest absolute Gasteiger partial charge is 0.491 e. The maximum absolute atomic E-state index is 13.5. The van der Waals surface area contributed by atoms with Gasteiger partial charge in [0.05, 0.1) is 30.8 Å². The van der Waals surface area contributed by atoms with Crippen LogP contribution in [0.2, 0.25) is 0 Å². The van der Waals surface area contributed by atoms with Gasteiger partial charge in [-0.25, -0.2) is 13.1 Å². The maximum Gasteiger partial charge on any atom is 0.264 e. The number of ether oxygens (including phenoxy) is 2. The number of hydrogen-bond donors (Lipinski definition) is 1. The molecule has 1 N–H and O–H groups in total.